The molecule has 0 fully saturated rings. The third-order valence-corrected chi connectivity index (χ3v) is 4.16. The largest absolute Gasteiger partial charge is 0.493 e. The third-order valence-electron chi connectivity index (χ3n) is 4.16. The molecule has 2 aromatic rings. The van der Waals surface area contributed by atoms with E-state index in [1.54, 1.807) is 7.11 Å². The summed E-state index contributed by atoms with van der Waals surface area (Å²) in [4.78, 5) is 0. The van der Waals surface area contributed by atoms with Crippen LogP contribution in [0, 0.1) is 13.8 Å². The lowest BCUT2D eigenvalue weighted by atomic mass is 10.1. The predicted molar refractivity (Wildman–Crippen MR) is 96.9 cm³/mol. The maximum atomic E-state index is 5.95. The van der Waals surface area contributed by atoms with E-state index in [1.165, 1.54) is 11.3 Å². The molecule has 0 spiro atoms. The molecule has 1 N–H and O–H groups in total. The third kappa shape index (κ3) is 4.29. The Bertz CT molecular complexity index is 677. The Balaban J connectivity index is 1.99. The second kappa shape index (κ2) is 8.20. The molecule has 0 atom stereocenters. The molecule has 5 heteroatoms. The molecule has 24 heavy (non-hydrogen) atoms. The van der Waals surface area contributed by atoms with Crippen molar-refractivity contribution in [3.05, 3.63) is 40.7 Å². The van der Waals surface area contributed by atoms with Gasteiger partial charge in [0.25, 0.3) is 0 Å². The summed E-state index contributed by atoms with van der Waals surface area (Å²) in [6.45, 7) is 9.88. The quantitative estimate of drug-likeness (QED) is 0.755. The molecular weight excluding hydrogens is 302 g/mol. The summed E-state index contributed by atoms with van der Waals surface area (Å²) in [5.41, 5.74) is 4.79. The summed E-state index contributed by atoms with van der Waals surface area (Å²) in [5, 5.41) is 7.98. The number of hydrogen-bond donors (Lipinski definition) is 1. The van der Waals surface area contributed by atoms with Crippen LogP contribution in [0.2, 0.25) is 0 Å². The second-order valence-electron chi connectivity index (χ2n) is 6.31. The van der Waals surface area contributed by atoms with E-state index in [-0.39, 0.29) is 6.10 Å². The smallest absolute Gasteiger partial charge is 0.166 e. The molecule has 1 aromatic heterocycles. The van der Waals surface area contributed by atoms with Gasteiger partial charge in [-0.2, -0.15) is 5.10 Å². The fourth-order valence-corrected chi connectivity index (χ4v) is 2.85. The van der Waals surface area contributed by atoms with Crippen LogP contribution in [0.15, 0.2) is 18.2 Å². The highest BCUT2D eigenvalue weighted by Crippen LogP contribution is 2.31. The molecule has 0 saturated heterocycles. The van der Waals surface area contributed by atoms with Crippen molar-refractivity contribution >= 4 is 0 Å². The Morgan fingerprint density at radius 3 is 2.58 bits per heavy atom. The molecule has 0 bridgehead atoms. The maximum Gasteiger partial charge on any atom is 0.166 e. The first-order valence-electron chi connectivity index (χ1n) is 8.46. The number of ether oxygens (including phenoxy) is 2. The number of rotatable bonds is 8. The van der Waals surface area contributed by atoms with Crippen LogP contribution in [0.3, 0.4) is 0 Å². The van der Waals surface area contributed by atoms with Crippen LogP contribution in [-0.4, -0.2) is 29.5 Å². The van der Waals surface area contributed by atoms with Gasteiger partial charge in [0.1, 0.15) is 0 Å². The molecule has 5 nitrogen and oxygen atoms in total. The molecule has 2 rings (SSSR count). The van der Waals surface area contributed by atoms with Gasteiger partial charge in [0.2, 0.25) is 0 Å². The van der Waals surface area contributed by atoms with E-state index >= 15 is 0 Å². The number of aryl methyl sites for hydroxylation is 2. The first-order valence-corrected chi connectivity index (χ1v) is 8.46. The van der Waals surface area contributed by atoms with E-state index in [0.29, 0.717) is 0 Å². The Morgan fingerprint density at radius 1 is 1.25 bits per heavy atom. The summed E-state index contributed by atoms with van der Waals surface area (Å²) in [7, 11) is 3.67. The van der Waals surface area contributed by atoms with Crippen LogP contribution < -0.4 is 14.8 Å². The van der Waals surface area contributed by atoms with Crippen LogP contribution in [0.1, 0.15) is 36.4 Å². The summed E-state index contributed by atoms with van der Waals surface area (Å²) in [6, 6.07) is 6.01. The van der Waals surface area contributed by atoms with Crippen molar-refractivity contribution in [3.8, 4) is 11.5 Å². The van der Waals surface area contributed by atoms with Gasteiger partial charge >= 0.3 is 0 Å². The monoisotopic (exact) mass is 331 g/mol. The fourth-order valence-electron chi connectivity index (χ4n) is 2.85. The van der Waals surface area contributed by atoms with E-state index in [2.05, 4.69) is 30.3 Å². The normalized spacial score (nSPS) is 11.1. The topological polar surface area (TPSA) is 48.3 Å². The van der Waals surface area contributed by atoms with Crippen LogP contribution in [0.25, 0.3) is 0 Å². The van der Waals surface area contributed by atoms with Gasteiger partial charge in [-0.05, 0) is 52.3 Å². The Labute approximate surface area is 145 Å². The van der Waals surface area contributed by atoms with Crippen molar-refractivity contribution in [1.82, 2.24) is 15.1 Å². The number of methoxy groups -OCH3 is 1. The van der Waals surface area contributed by atoms with Gasteiger partial charge in [0, 0.05) is 24.8 Å². The first-order chi connectivity index (χ1) is 11.4. The van der Waals surface area contributed by atoms with Gasteiger partial charge in [-0.3, -0.25) is 4.68 Å². The Kier molecular flexibility index (Phi) is 6.26. The Hall–Kier alpha value is -2.01. The van der Waals surface area contributed by atoms with Crippen molar-refractivity contribution in [2.24, 2.45) is 7.05 Å². The molecular formula is C19H29N3O2. The van der Waals surface area contributed by atoms with Gasteiger partial charge < -0.3 is 14.8 Å². The van der Waals surface area contributed by atoms with Crippen LogP contribution in [0.4, 0.5) is 0 Å². The molecule has 1 heterocycles. The summed E-state index contributed by atoms with van der Waals surface area (Å²) < 4.78 is 13.3. The predicted octanol–water partition coefficient (Wildman–Crippen LogP) is 3.17. The van der Waals surface area contributed by atoms with Gasteiger partial charge in [-0.1, -0.05) is 12.1 Å². The summed E-state index contributed by atoms with van der Waals surface area (Å²) in [5.74, 6) is 1.61. The molecule has 0 aliphatic rings. The van der Waals surface area contributed by atoms with E-state index in [1.807, 2.05) is 37.7 Å². The van der Waals surface area contributed by atoms with Crippen molar-refractivity contribution in [3.63, 3.8) is 0 Å². The molecule has 0 aliphatic heterocycles. The molecule has 1 aromatic carbocycles. The lowest BCUT2D eigenvalue weighted by molar-refractivity contribution is 0.227. The fraction of sp³-hybridized carbons (Fsp3) is 0.526. The minimum Gasteiger partial charge on any atom is -0.493 e. The zero-order valence-electron chi connectivity index (χ0n) is 15.6. The lowest BCUT2D eigenvalue weighted by Gasteiger charge is -2.17. The average molecular weight is 331 g/mol. The molecule has 132 valence electrons. The van der Waals surface area contributed by atoms with Crippen molar-refractivity contribution < 1.29 is 9.47 Å². The number of benzene rings is 1. The minimum absolute atomic E-state index is 0.112. The highest BCUT2D eigenvalue weighted by molar-refractivity contribution is 5.46. The molecule has 0 amide bonds. The highest BCUT2D eigenvalue weighted by atomic mass is 16.5. The van der Waals surface area contributed by atoms with Gasteiger partial charge in [-0.25, -0.2) is 0 Å². The SMILES string of the molecule is COc1cccc(CNCCc2c(C)nn(C)c2C)c1OC(C)C. The Morgan fingerprint density at radius 2 is 2.00 bits per heavy atom. The standard InChI is InChI=1S/C19H29N3O2/c1-13(2)24-19-16(8-7-9-18(19)23-6)12-20-11-10-17-14(3)21-22(5)15(17)4/h7-9,13,20H,10-12H2,1-6H3. The highest BCUT2D eigenvalue weighted by Gasteiger charge is 2.12. The molecule has 0 unspecified atom stereocenters. The first kappa shape index (κ1) is 18.3. The van der Waals surface area contributed by atoms with E-state index in [0.717, 1.165) is 42.3 Å². The summed E-state index contributed by atoms with van der Waals surface area (Å²) >= 11 is 0. The van der Waals surface area contributed by atoms with Crippen LogP contribution in [0.5, 0.6) is 11.5 Å². The van der Waals surface area contributed by atoms with Crippen molar-refractivity contribution in [2.45, 2.75) is 46.8 Å². The van der Waals surface area contributed by atoms with Crippen LogP contribution >= 0.6 is 0 Å². The minimum atomic E-state index is 0.112. The number of aromatic nitrogens is 2. The molecule has 0 radical (unpaired) electrons. The van der Waals surface area contributed by atoms with Gasteiger partial charge in [0.15, 0.2) is 11.5 Å². The molecule has 0 aliphatic carbocycles. The maximum absolute atomic E-state index is 5.95. The van der Waals surface area contributed by atoms with E-state index < -0.39 is 0 Å². The lowest BCUT2D eigenvalue weighted by Crippen LogP contribution is -2.19. The zero-order valence-corrected chi connectivity index (χ0v) is 15.6. The van der Waals surface area contributed by atoms with Gasteiger partial charge in [-0.15, -0.1) is 0 Å². The van der Waals surface area contributed by atoms with Crippen LogP contribution in [-0.2, 0) is 20.0 Å². The van der Waals surface area contributed by atoms with E-state index in [9.17, 15) is 0 Å². The number of nitrogens with one attached hydrogen (secondary N) is 1. The summed E-state index contributed by atoms with van der Waals surface area (Å²) in [6.07, 6.45) is 1.08. The number of para-hydroxylation sites is 1. The van der Waals surface area contributed by atoms with E-state index in [4.69, 9.17) is 9.47 Å². The number of hydrogen-bond acceptors (Lipinski definition) is 4. The second-order valence-corrected chi connectivity index (χ2v) is 6.31. The average Bonchev–Trinajstić information content (AvgIpc) is 2.77. The van der Waals surface area contributed by atoms with Gasteiger partial charge in [0.05, 0.1) is 18.9 Å². The number of nitrogens with zero attached hydrogens (tertiary/aromatic N) is 2. The van der Waals surface area contributed by atoms with Crippen molar-refractivity contribution in [1.29, 1.82) is 0 Å². The molecule has 0 saturated carbocycles. The zero-order chi connectivity index (χ0) is 17.7. The van der Waals surface area contributed by atoms with Crippen molar-refractivity contribution in [2.75, 3.05) is 13.7 Å².